The highest BCUT2D eigenvalue weighted by Gasteiger charge is 2.25. The first-order valence-corrected chi connectivity index (χ1v) is 10.9. The van der Waals surface area contributed by atoms with Crippen LogP contribution in [0.25, 0.3) is 33.3 Å². The van der Waals surface area contributed by atoms with Crippen molar-refractivity contribution in [2.75, 3.05) is 0 Å². The van der Waals surface area contributed by atoms with Gasteiger partial charge in [-0.15, -0.1) is 0 Å². The Balaban J connectivity index is 1.39. The standard InChI is InChI=1S/C26H22F2N2O3/c27-21-14-22-25(30-26(29-22)33-20-12-10-19(11-13-20)32-15-31)24(28)23(21)18-8-6-17(7-9-18)16-4-2-1-3-5-16/h1-9,14-15,19-20H,10-13H2,(H,29,30). The van der Waals surface area contributed by atoms with E-state index in [0.717, 1.165) is 11.1 Å². The van der Waals surface area contributed by atoms with Crippen molar-refractivity contribution in [2.45, 2.75) is 37.9 Å². The summed E-state index contributed by atoms with van der Waals surface area (Å²) in [5, 5.41) is 0. The predicted octanol–water partition coefficient (Wildman–Crippen LogP) is 6.04. The molecular formula is C26H22F2N2O3. The van der Waals surface area contributed by atoms with Crippen LogP contribution >= 0.6 is 0 Å². The first-order valence-electron chi connectivity index (χ1n) is 10.9. The van der Waals surface area contributed by atoms with Crippen molar-refractivity contribution in [3.63, 3.8) is 0 Å². The molecule has 1 saturated carbocycles. The van der Waals surface area contributed by atoms with E-state index in [1.807, 2.05) is 42.5 Å². The van der Waals surface area contributed by atoms with E-state index in [1.54, 1.807) is 12.1 Å². The summed E-state index contributed by atoms with van der Waals surface area (Å²) in [5.41, 5.74) is 2.58. The van der Waals surface area contributed by atoms with Gasteiger partial charge < -0.3 is 14.5 Å². The molecule has 1 heterocycles. The molecule has 4 aromatic rings. The summed E-state index contributed by atoms with van der Waals surface area (Å²) >= 11 is 0. The molecule has 33 heavy (non-hydrogen) atoms. The van der Waals surface area contributed by atoms with Gasteiger partial charge in [-0.3, -0.25) is 4.79 Å². The Hall–Kier alpha value is -3.74. The van der Waals surface area contributed by atoms with E-state index in [0.29, 0.717) is 37.7 Å². The maximum absolute atomic E-state index is 15.3. The molecule has 5 rings (SSSR count). The van der Waals surface area contributed by atoms with Crippen molar-refractivity contribution in [3.05, 3.63) is 72.3 Å². The van der Waals surface area contributed by atoms with Gasteiger partial charge in [0.2, 0.25) is 0 Å². The van der Waals surface area contributed by atoms with Gasteiger partial charge in [-0.1, -0.05) is 54.6 Å². The second-order valence-electron chi connectivity index (χ2n) is 8.18. The number of halogens is 2. The van der Waals surface area contributed by atoms with E-state index in [1.165, 1.54) is 6.07 Å². The molecule has 3 aromatic carbocycles. The first-order chi connectivity index (χ1) is 16.1. The fraction of sp³-hybridized carbons (Fsp3) is 0.231. The molecule has 1 aliphatic carbocycles. The Bertz CT molecular complexity index is 1260. The van der Waals surface area contributed by atoms with E-state index in [9.17, 15) is 9.18 Å². The van der Waals surface area contributed by atoms with Gasteiger partial charge in [-0.2, -0.15) is 4.98 Å². The van der Waals surface area contributed by atoms with Gasteiger partial charge in [-0.05, 0) is 42.4 Å². The first kappa shape index (κ1) is 21.1. The Kier molecular flexibility index (Phi) is 5.77. The lowest BCUT2D eigenvalue weighted by Gasteiger charge is -2.26. The Labute approximate surface area is 189 Å². The smallest absolute Gasteiger partial charge is 0.294 e. The highest BCUT2D eigenvalue weighted by Crippen LogP contribution is 2.34. The van der Waals surface area contributed by atoms with Crippen LogP contribution in [0.5, 0.6) is 6.01 Å². The summed E-state index contributed by atoms with van der Waals surface area (Å²) in [6.07, 6.45) is 2.53. The number of aromatic amines is 1. The number of nitrogens with one attached hydrogen (secondary N) is 1. The van der Waals surface area contributed by atoms with Gasteiger partial charge in [0.15, 0.2) is 5.82 Å². The topological polar surface area (TPSA) is 64.2 Å². The highest BCUT2D eigenvalue weighted by molar-refractivity contribution is 5.84. The molecule has 0 spiro atoms. The lowest BCUT2D eigenvalue weighted by atomic mass is 9.95. The number of fused-ring (bicyclic) bond motifs is 1. The van der Waals surface area contributed by atoms with Crippen LogP contribution in [0.4, 0.5) is 8.78 Å². The van der Waals surface area contributed by atoms with Gasteiger partial charge in [0.25, 0.3) is 12.5 Å². The number of H-pyrrole nitrogens is 1. The number of carbonyl (C=O) groups is 1. The van der Waals surface area contributed by atoms with Crippen molar-refractivity contribution in [1.82, 2.24) is 9.97 Å². The molecule has 0 aliphatic heterocycles. The van der Waals surface area contributed by atoms with Crippen molar-refractivity contribution in [1.29, 1.82) is 0 Å². The molecule has 0 saturated heterocycles. The summed E-state index contributed by atoms with van der Waals surface area (Å²) < 4.78 is 41.1. The molecule has 5 nitrogen and oxygen atoms in total. The third-order valence-electron chi connectivity index (χ3n) is 6.08. The van der Waals surface area contributed by atoms with Crippen molar-refractivity contribution >= 4 is 17.5 Å². The lowest BCUT2D eigenvalue weighted by Crippen LogP contribution is -2.28. The van der Waals surface area contributed by atoms with Crippen LogP contribution < -0.4 is 4.74 Å². The van der Waals surface area contributed by atoms with Crippen LogP contribution in [0.1, 0.15) is 25.7 Å². The van der Waals surface area contributed by atoms with Crippen LogP contribution in [0.3, 0.4) is 0 Å². The Morgan fingerprint density at radius 2 is 1.52 bits per heavy atom. The molecule has 0 unspecified atom stereocenters. The number of nitrogens with zero attached hydrogens (tertiary/aromatic N) is 1. The van der Waals surface area contributed by atoms with Crippen LogP contribution in [-0.4, -0.2) is 28.6 Å². The average Bonchev–Trinajstić information content (AvgIpc) is 3.24. The molecule has 168 valence electrons. The normalized spacial score (nSPS) is 18.2. The van der Waals surface area contributed by atoms with E-state index in [-0.39, 0.29) is 34.8 Å². The van der Waals surface area contributed by atoms with Gasteiger partial charge in [0, 0.05) is 6.07 Å². The van der Waals surface area contributed by atoms with Crippen LogP contribution in [-0.2, 0) is 9.53 Å². The van der Waals surface area contributed by atoms with E-state index in [2.05, 4.69) is 9.97 Å². The number of benzene rings is 3. The number of imidazole rings is 1. The second kappa shape index (κ2) is 9.02. The zero-order chi connectivity index (χ0) is 22.8. The predicted molar refractivity (Wildman–Crippen MR) is 121 cm³/mol. The maximum atomic E-state index is 15.3. The maximum Gasteiger partial charge on any atom is 0.294 e. The fourth-order valence-corrected chi connectivity index (χ4v) is 4.36. The largest absolute Gasteiger partial charge is 0.465 e. The summed E-state index contributed by atoms with van der Waals surface area (Å²) in [7, 11) is 0. The van der Waals surface area contributed by atoms with E-state index >= 15 is 4.39 Å². The average molecular weight is 448 g/mol. The number of ether oxygens (including phenoxy) is 2. The fourth-order valence-electron chi connectivity index (χ4n) is 4.36. The van der Waals surface area contributed by atoms with Crippen LogP contribution in [0, 0.1) is 11.6 Å². The summed E-state index contributed by atoms with van der Waals surface area (Å²) in [5.74, 6) is -1.40. The molecule has 1 aromatic heterocycles. The number of rotatable bonds is 6. The zero-order valence-electron chi connectivity index (χ0n) is 17.8. The second-order valence-corrected chi connectivity index (χ2v) is 8.18. The molecule has 0 atom stereocenters. The number of hydrogen-bond donors (Lipinski definition) is 1. The highest BCUT2D eigenvalue weighted by atomic mass is 19.1. The van der Waals surface area contributed by atoms with Crippen molar-refractivity contribution in [3.8, 4) is 28.3 Å². The molecule has 0 radical (unpaired) electrons. The quantitative estimate of drug-likeness (QED) is 0.366. The van der Waals surface area contributed by atoms with E-state index in [4.69, 9.17) is 9.47 Å². The van der Waals surface area contributed by atoms with Gasteiger partial charge in [0.05, 0.1) is 11.1 Å². The molecule has 7 heteroatoms. The van der Waals surface area contributed by atoms with Crippen molar-refractivity contribution in [2.24, 2.45) is 0 Å². The minimum absolute atomic E-state index is 0.0338. The Morgan fingerprint density at radius 1 is 0.879 bits per heavy atom. The molecule has 1 aliphatic rings. The lowest BCUT2D eigenvalue weighted by molar-refractivity contribution is -0.135. The number of hydrogen-bond acceptors (Lipinski definition) is 4. The molecular weight excluding hydrogens is 426 g/mol. The zero-order valence-corrected chi connectivity index (χ0v) is 17.8. The monoisotopic (exact) mass is 448 g/mol. The molecule has 0 bridgehead atoms. The van der Waals surface area contributed by atoms with Crippen LogP contribution in [0.2, 0.25) is 0 Å². The summed E-state index contributed by atoms with van der Waals surface area (Å²) in [6.45, 7) is 0.467. The van der Waals surface area contributed by atoms with Gasteiger partial charge in [-0.25, -0.2) is 8.78 Å². The third-order valence-corrected chi connectivity index (χ3v) is 6.08. The van der Waals surface area contributed by atoms with Crippen LogP contribution in [0.15, 0.2) is 60.7 Å². The van der Waals surface area contributed by atoms with Crippen molar-refractivity contribution < 1.29 is 23.0 Å². The van der Waals surface area contributed by atoms with Gasteiger partial charge in [0.1, 0.15) is 23.5 Å². The summed E-state index contributed by atoms with van der Waals surface area (Å²) in [6, 6.07) is 18.3. The molecule has 1 N–H and O–H groups in total. The SMILES string of the molecule is O=COC1CCC(Oc2nc3c(F)c(-c4ccc(-c5ccccc5)cc4)c(F)cc3[nH]2)CC1. The minimum Gasteiger partial charge on any atom is -0.465 e. The molecule has 0 amide bonds. The Morgan fingerprint density at radius 3 is 2.21 bits per heavy atom. The number of aromatic nitrogens is 2. The number of carbonyl (C=O) groups excluding carboxylic acids is 1. The summed E-state index contributed by atoms with van der Waals surface area (Å²) in [4.78, 5) is 17.6. The third kappa shape index (κ3) is 4.31. The van der Waals surface area contributed by atoms with Gasteiger partial charge >= 0.3 is 0 Å². The van der Waals surface area contributed by atoms with E-state index < -0.39 is 11.6 Å². The minimum atomic E-state index is -0.730. The molecule has 1 fully saturated rings.